The first-order valence-corrected chi connectivity index (χ1v) is 13.2. The number of carbonyl (C=O) groups is 1. The van der Waals surface area contributed by atoms with Gasteiger partial charge in [0.25, 0.3) is 11.5 Å². The molecule has 1 aromatic carbocycles. The molecule has 0 saturated carbocycles. The number of rotatable bonds is 5. The van der Waals surface area contributed by atoms with Crippen molar-refractivity contribution in [3.05, 3.63) is 74.5 Å². The largest absolute Gasteiger partial charge is 0.497 e. The Hall–Kier alpha value is -3.17. The molecule has 2 fully saturated rings. The summed E-state index contributed by atoms with van der Waals surface area (Å²) in [5.74, 6) is 1.70. The predicted molar refractivity (Wildman–Crippen MR) is 149 cm³/mol. The maximum atomic E-state index is 13.7. The maximum Gasteiger partial charge on any atom is 0.267 e. The van der Waals surface area contributed by atoms with Gasteiger partial charge in [-0.2, -0.15) is 0 Å². The highest BCUT2D eigenvalue weighted by atomic mass is 32.2. The first kappa shape index (κ1) is 24.5. The van der Waals surface area contributed by atoms with Gasteiger partial charge in [0.2, 0.25) is 0 Å². The van der Waals surface area contributed by atoms with Gasteiger partial charge in [0.15, 0.2) is 0 Å². The van der Waals surface area contributed by atoms with Gasteiger partial charge in [-0.05, 0) is 61.1 Å². The Balaban J connectivity index is 1.55. The van der Waals surface area contributed by atoms with E-state index in [1.54, 1.807) is 28.7 Å². The molecule has 9 heteroatoms. The Morgan fingerprint density at radius 2 is 2.00 bits per heavy atom. The van der Waals surface area contributed by atoms with Crippen molar-refractivity contribution in [2.45, 2.75) is 33.2 Å². The minimum atomic E-state index is -0.201. The summed E-state index contributed by atoms with van der Waals surface area (Å²) in [4.78, 5) is 36.3. The average Bonchev–Trinajstić information content (AvgIpc) is 3.13. The molecule has 1 amide bonds. The highest BCUT2D eigenvalue weighted by Crippen LogP contribution is 2.35. The van der Waals surface area contributed by atoms with Crippen LogP contribution in [-0.2, 0) is 11.3 Å². The average molecular weight is 521 g/mol. The fourth-order valence-corrected chi connectivity index (χ4v) is 5.97. The molecule has 2 aliphatic heterocycles. The third kappa shape index (κ3) is 4.65. The summed E-state index contributed by atoms with van der Waals surface area (Å²) in [6.45, 7) is 6.19. The van der Waals surface area contributed by atoms with Crippen molar-refractivity contribution >= 4 is 51.7 Å². The predicted octanol–water partition coefficient (Wildman–Crippen LogP) is 4.65. The molecule has 2 saturated heterocycles. The second-order valence-electron chi connectivity index (χ2n) is 9.35. The Morgan fingerprint density at radius 3 is 2.72 bits per heavy atom. The molecule has 7 nitrogen and oxygen atoms in total. The van der Waals surface area contributed by atoms with E-state index >= 15 is 0 Å². The van der Waals surface area contributed by atoms with Crippen LogP contribution in [0.5, 0.6) is 5.75 Å². The molecule has 0 bridgehead atoms. The van der Waals surface area contributed by atoms with Gasteiger partial charge in [-0.25, -0.2) is 4.98 Å². The number of ether oxygens (including phenoxy) is 1. The lowest BCUT2D eigenvalue weighted by Crippen LogP contribution is -2.37. The molecular weight excluding hydrogens is 492 g/mol. The molecule has 0 spiro atoms. The number of hydrogen-bond donors (Lipinski definition) is 0. The van der Waals surface area contributed by atoms with E-state index in [2.05, 4.69) is 11.8 Å². The summed E-state index contributed by atoms with van der Waals surface area (Å²) in [7, 11) is 1.62. The van der Waals surface area contributed by atoms with Crippen molar-refractivity contribution in [3.63, 3.8) is 0 Å². The molecule has 186 valence electrons. The number of methoxy groups -OCH3 is 1. The lowest BCUT2D eigenvalue weighted by molar-refractivity contribution is -0.122. The van der Waals surface area contributed by atoms with Crippen LogP contribution in [0.15, 0.2) is 52.3 Å². The molecule has 2 aliphatic rings. The van der Waals surface area contributed by atoms with Crippen LogP contribution in [0.2, 0.25) is 0 Å². The second kappa shape index (κ2) is 10.1. The Morgan fingerprint density at radius 1 is 1.22 bits per heavy atom. The maximum absolute atomic E-state index is 13.7. The molecule has 2 aromatic heterocycles. The van der Waals surface area contributed by atoms with Gasteiger partial charge in [-0.1, -0.05) is 49.1 Å². The first-order chi connectivity index (χ1) is 17.4. The number of benzene rings is 1. The van der Waals surface area contributed by atoms with Crippen molar-refractivity contribution in [1.82, 2.24) is 14.3 Å². The zero-order valence-electron chi connectivity index (χ0n) is 20.6. The summed E-state index contributed by atoms with van der Waals surface area (Å²) in [5, 5.41) is 0. The van der Waals surface area contributed by atoms with E-state index in [1.807, 2.05) is 43.3 Å². The molecule has 36 heavy (non-hydrogen) atoms. The summed E-state index contributed by atoms with van der Waals surface area (Å²) >= 11 is 6.78. The normalized spacial score (nSPS) is 19.5. The van der Waals surface area contributed by atoms with Crippen molar-refractivity contribution in [2.75, 3.05) is 25.1 Å². The van der Waals surface area contributed by atoms with E-state index in [0.717, 1.165) is 42.8 Å². The number of fused-ring (bicyclic) bond motifs is 1. The number of aromatic nitrogens is 2. The highest BCUT2D eigenvalue weighted by Gasteiger charge is 2.33. The molecule has 1 atom stereocenters. The molecule has 0 radical (unpaired) electrons. The first-order valence-electron chi connectivity index (χ1n) is 12.0. The fourth-order valence-electron chi connectivity index (χ4n) is 4.73. The number of hydrogen-bond acceptors (Lipinski definition) is 7. The van der Waals surface area contributed by atoms with Gasteiger partial charge in [0.05, 0.1) is 24.1 Å². The molecular formula is C27H28N4O3S2. The third-order valence-electron chi connectivity index (χ3n) is 6.67. The van der Waals surface area contributed by atoms with Gasteiger partial charge >= 0.3 is 0 Å². The van der Waals surface area contributed by atoms with E-state index in [0.29, 0.717) is 38.7 Å². The molecule has 3 aromatic rings. The Labute approximate surface area is 219 Å². The topological polar surface area (TPSA) is 67.2 Å². The van der Waals surface area contributed by atoms with Gasteiger partial charge in [0.1, 0.15) is 21.5 Å². The van der Waals surface area contributed by atoms with Crippen LogP contribution in [0.3, 0.4) is 0 Å². The van der Waals surface area contributed by atoms with Gasteiger partial charge in [-0.15, -0.1) is 0 Å². The summed E-state index contributed by atoms with van der Waals surface area (Å²) < 4.78 is 7.26. The van der Waals surface area contributed by atoms with Crippen LogP contribution in [0.1, 0.15) is 36.5 Å². The van der Waals surface area contributed by atoms with Crippen LogP contribution in [-0.4, -0.2) is 44.7 Å². The van der Waals surface area contributed by atoms with Crippen LogP contribution in [0, 0.1) is 12.8 Å². The van der Waals surface area contributed by atoms with E-state index in [4.69, 9.17) is 21.9 Å². The number of piperidine rings is 1. The smallest absolute Gasteiger partial charge is 0.267 e. The van der Waals surface area contributed by atoms with Gasteiger partial charge in [0, 0.05) is 19.3 Å². The number of aryl methyl sites for hydroxylation is 1. The number of carbonyl (C=O) groups excluding carboxylic acids is 1. The summed E-state index contributed by atoms with van der Waals surface area (Å²) in [6, 6.07) is 11.3. The zero-order chi connectivity index (χ0) is 25.4. The van der Waals surface area contributed by atoms with E-state index in [-0.39, 0.29) is 11.5 Å². The number of thiocarbonyl (C=S) groups is 1. The van der Waals surface area contributed by atoms with Crippen LogP contribution >= 0.6 is 24.0 Å². The minimum Gasteiger partial charge on any atom is -0.497 e. The summed E-state index contributed by atoms with van der Waals surface area (Å²) in [5.41, 5.74) is 2.76. The lowest BCUT2D eigenvalue weighted by atomic mass is 10.00. The second-order valence-corrected chi connectivity index (χ2v) is 11.0. The number of thioether (sulfide) groups is 1. The van der Waals surface area contributed by atoms with E-state index < -0.39 is 0 Å². The van der Waals surface area contributed by atoms with Crippen molar-refractivity contribution in [3.8, 4) is 5.75 Å². The quantitative estimate of drug-likeness (QED) is 0.358. The monoisotopic (exact) mass is 520 g/mol. The molecule has 4 heterocycles. The molecule has 5 rings (SSSR count). The van der Waals surface area contributed by atoms with Crippen LogP contribution in [0.25, 0.3) is 11.7 Å². The van der Waals surface area contributed by atoms with Crippen molar-refractivity contribution < 1.29 is 9.53 Å². The Bertz CT molecular complexity index is 1430. The standard InChI is InChI=1S/C27H28N4O3S2/c1-17-6-4-12-29(15-17)24-21(25(32)30-13-5-7-18(2)23(30)28-24)14-22-26(33)31(27(35)36-22)16-19-8-10-20(34-3)11-9-19/h5,7-11,13-14,17H,4,6,12,15-16H2,1-3H3/b22-14+. The zero-order valence-corrected chi connectivity index (χ0v) is 22.2. The number of pyridine rings is 1. The molecule has 0 aliphatic carbocycles. The SMILES string of the molecule is COc1ccc(CN2C(=O)/C(=C\c3c(N4CCCC(C)C4)nc4c(C)cccn4c3=O)SC2=S)cc1. The number of anilines is 1. The minimum absolute atomic E-state index is 0.183. The van der Waals surface area contributed by atoms with E-state index in [9.17, 15) is 9.59 Å². The molecule has 1 unspecified atom stereocenters. The van der Waals surface area contributed by atoms with E-state index in [1.165, 1.54) is 11.8 Å². The summed E-state index contributed by atoms with van der Waals surface area (Å²) in [6.07, 6.45) is 5.61. The lowest BCUT2D eigenvalue weighted by Gasteiger charge is -2.32. The van der Waals surface area contributed by atoms with Crippen molar-refractivity contribution in [2.24, 2.45) is 5.92 Å². The van der Waals surface area contributed by atoms with Gasteiger partial charge in [-0.3, -0.25) is 18.9 Å². The van der Waals surface area contributed by atoms with Crippen LogP contribution < -0.4 is 15.2 Å². The Kier molecular flexibility index (Phi) is 6.85. The molecule has 0 N–H and O–H groups in total. The number of nitrogens with zero attached hydrogens (tertiary/aromatic N) is 4. The highest BCUT2D eigenvalue weighted by molar-refractivity contribution is 8.26. The number of amides is 1. The third-order valence-corrected chi connectivity index (χ3v) is 8.05. The fraction of sp³-hybridized carbons (Fsp3) is 0.333. The van der Waals surface area contributed by atoms with Gasteiger partial charge < -0.3 is 9.64 Å². The van der Waals surface area contributed by atoms with Crippen molar-refractivity contribution in [1.29, 1.82) is 0 Å². The van der Waals surface area contributed by atoms with Crippen LogP contribution in [0.4, 0.5) is 5.82 Å².